The van der Waals surface area contributed by atoms with Crippen LogP contribution in [0.25, 0.3) is 0 Å². The van der Waals surface area contributed by atoms with Crippen molar-refractivity contribution in [3.63, 3.8) is 0 Å². The van der Waals surface area contributed by atoms with Gasteiger partial charge in [0, 0.05) is 6.42 Å². The van der Waals surface area contributed by atoms with Crippen LogP contribution in [0.5, 0.6) is 11.5 Å². The van der Waals surface area contributed by atoms with Gasteiger partial charge in [0.05, 0.1) is 4.47 Å². The highest BCUT2D eigenvalue weighted by Gasteiger charge is 2.21. The van der Waals surface area contributed by atoms with Gasteiger partial charge in [0.1, 0.15) is 5.78 Å². The van der Waals surface area contributed by atoms with Crippen LogP contribution in [0.15, 0.2) is 10.5 Å². The van der Waals surface area contributed by atoms with E-state index in [0.29, 0.717) is 12.2 Å². The number of ketones is 1. The van der Waals surface area contributed by atoms with E-state index in [1.54, 1.807) is 6.92 Å². The maximum atomic E-state index is 11.1. The fourth-order valence-corrected chi connectivity index (χ4v) is 2.39. The van der Waals surface area contributed by atoms with Crippen molar-refractivity contribution in [1.82, 2.24) is 0 Å². The van der Waals surface area contributed by atoms with Crippen LogP contribution in [-0.4, -0.2) is 12.6 Å². The third-order valence-corrected chi connectivity index (χ3v) is 3.19. The number of fused-ring (bicyclic) bond motifs is 1. The van der Waals surface area contributed by atoms with Crippen LogP contribution in [0.2, 0.25) is 0 Å². The molecule has 0 bridgehead atoms. The van der Waals surface area contributed by atoms with Crippen LogP contribution in [-0.2, 0) is 11.2 Å². The van der Waals surface area contributed by atoms with Gasteiger partial charge in [-0.05, 0) is 47.0 Å². The number of ether oxygens (including phenoxy) is 2. The number of carbonyl (C=O) groups excluding carboxylic acids is 1. The van der Waals surface area contributed by atoms with Gasteiger partial charge in [-0.15, -0.1) is 0 Å². The van der Waals surface area contributed by atoms with Gasteiger partial charge in [-0.2, -0.15) is 0 Å². The van der Waals surface area contributed by atoms with Crippen molar-refractivity contribution in [2.75, 3.05) is 6.79 Å². The van der Waals surface area contributed by atoms with Gasteiger partial charge >= 0.3 is 0 Å². The first-order valence-corrected chi connectivity index (χ1v) is 5.46. The number of Topliss-reactive ketones (excluding diaryl/α,β-unsaturated/α-hetero) is 1. The molecular weight excluding hydrogens is 260 g/mol. The van der Waals surface area contributed by atoms with Crippen molar-refractivity contribution < 1.29 is 14.3 Å². The third kappa shape index (κ3) is 1.86. The summed E-state index contributed by atoms with van der Waals surface area (Å²) in [5, 5.41) is 0. The second kappa shape index (κ2) is 3.85. The van der Waals surface area contributed by atoms with E-state index in [-0.39, 0.29) is 12.6 Å². The number of benzene rings is 1. The first-order valence-electron chi connectivity index (χ1n) is 4.66. The Kier molecular flexibility index (Phi) is 2.69. The molecule has 0 atom stereocenters. The van der Waals surface area contributed by atoms with Crippen LogP contribution in [0.1, 0.15) is 18.1 Å². The van der Waals surface area contributed by atoms with E-state index in [0.717, 1.165) is 21.3 Å². The average Bonchev–Trinajstić information content (AvgIpc) is 2.59. The number of halogens is 1. The number of aryl methyl sites for hydroxylation is 1. The quantitative estimate of drug-likeness (QED) is 0.829. The molecule has 1 aromatic carbocycles. The number of hydrogen-bond acceptors (Lipinski definition) is 3. The molecular formula is C11H11BrO3. The van der Waals surface area contributed by atoms with Crippen molar-refractivity contribution in [2.45, 2.75) is 20.3 Å². The van der Waals surface area contributed by atoms with Gasteiger partial charge in [-0.1, -0.05) is 0 Å². The normalized spacial score (nSPS) is 13.0. The first-order chi connectivity index (χ1) is 7.09. The number of hydrogen-bond donors (Lipinski definition) is 0. The van der Waals surface area contributed by atoms with Crippen LogP contribution in [0.3, 0.4) is 0 Å². The van der Waals surface area contributed by atoms with Gasteiger partial charge in [0.15, 0.2) is 11.5 Å². The minimum atomic E-state index is 0.137. The van der Waals surface area contributed by atoms with Crippen LogP contribution < -0.4 is 9.47 Å². The first kappa shape index (κ1) is 10.5. The highest BCUT2D eigenvalue weighted by atomic mass is 79.9. The van der Waals surface area contributed by atoms with Gasteiger partial charge < -0.3 is 9.47 Å². The molecule has 0 unspecified atom stereocenters. The van der Waals surface area contributed by atoms with Gasteiger partial charge in [-0.25, -0.2) is 0 Å². The molecule has 0 aliphatic carbocycles. The molecule has 0 N–H and O–H groups in total. The Morgan fingerprint density at radius 1 is 1.53 bits per heavy atom. The molecule has 1 aliphatic heterocycles. The summed E-state index contributed by atoms with van der Waals surface area (Å²) in [6.45, 7) is 3.79. The second-order valence-corrected chi connectivity index (χ2v) is 4.39. The molecule has 15 heavy (non-hydrogen) atoms. The Morgan fingerprint density at radius 2 is 2.27 bits per heavy atom. The smallest absolute Gasteiger partial charge is 0.231 e. The van der Waals surface area contributed by atoms with Gasteiger partial charge in [-0.3, -0.25) is 4.79 Å². The molecule has 1 aromatic rings. The lowest BCUT2D eigenvalue weighted by atomic mass is 10.0. The zero-order valence-electron chi connectivity index (χ0n) is 8.59. The van der Waals surface area contributed by atoms with Crippen molar-refractivity contribution in [2.24, 2.45) is 0 Å². The summed E-state index contributed by atoms with van der Waals surface area (Å²) in [4.78, 5) is 11.1. The van der Waals surface area contributed by atoms with Crippen molar-refractivity contribution >= 4 is 21.7 Å². The van der Waals surface area contributed by atoms with Crippen molar-refractivity contribution in [1.29, 1.82) is 0 Å². The fourth-order valence-electron chi connectivity index (χ4n) is 1.63. The molecule has 3 nitrogen and oxygen atoms in total. The van der Waals surface area contributed by atoms with Crippen molar-refractivity contribution in [3.05, 3.63) is 21.7 Å². The summed E-state index contributed by atoms with van der Waals surface area (Å²) in [5.41, 5.74) is 2.02. The highest BCUT2D eigenvalue weighted by Crippen LogP contribution is 2.42. The highest BCUT2D eigenvalue weighted by molar-refractivity contribution is 9.10. The molecule has 0 fully saturated rings. The molecule has 0 radical (unpaired) electrons. The standard InChI is InChI=1S/C11H11BrO3/c1-6-3-9-11(15-5-14-9)10(12)8(6)4-7(2)13/h3H,4-5H2,1-2H3. The molecule has 0 spiro atoms. The topological polar surface area (TPSA) is 35.5 Å². The predicted octanol–water partition coefficient (Wildman–Crippen LogP) is 2.62. The Balaban J connectivity index is 2.51. The lowest BCUT2D eigenvalue weighted by Gasteiger charge is -2.09. The SMILES string of the molecule is CC(=O)Cc1c(C)cc2c(c1Br)OCO2. The fraction of sp³-hybridized carbons (Fsp3) is 0.364. The zero-order chi connectivity index (χ0) is 11.0. The number of carbonyl (C=O) groups is 1. The molecule has 0 saturated heterocycles. The van der Waals surface area contributed by atoms with E-state index in [2.05, 4.69) is 15.9 Å². The second-order valence-electron chi connectivity index (χ2n) is 3.60. The molecule has 0 amide bonds. The Hall–Kier alpha value is -1.03. The lowest BCUT2D eigenvalue weighted by Crippen LogP contribution is -2.00. The molecule has 4 heteroatoms. The average molecular weight is 271 g/mol. The largest absolute Gasteiger partial charge is 0.454 e. The van der Waals surface area contributed by atoms with E-state index < -0.39 is 0 Å². The summed E-state index contributed by atoms with van der Waals surface area (Å²) >= 11 is 3.45. The van der Waals surface area contributed by atoms with E-state index in [1.807, 2.05) is 13.0 Å². The van der Waals surface area contributed by atoms with E-state index in [4.69, 9.17) is 9.47 Å². The van der Waals surface area contributed by atoms with E-state index >= 15 is 0 Å². The molecule has 0 aromatic heterocycles. The Bertz CT molecular complexity index is 426. The van der Waals surface area contributed by atoms with Crippen LogP contribution in [0.4, 0.5) is 0 Å². The molecule has 1 heterocycles. The summed E-state index contributed by atoms with van der Waals surface area (Å²) < 4.78 is 11.4. The lowest BCUT2D eigenvalue weighted by molar-refractivity contribution is -0.116. The van der Waals surface area contributed by atoms with E-state index in [1.165, 1.54) is 0 Å². The summed E-state index contributed by atoms with van der Waals surface area (Å²) in [7, 11) is 0. The Labute approximate surface area is 96.5 Å². The van der Waals surface area contributed by atoms with Crippen LogP contribution in [0, 0.1) is 6.92 Å². The summed E-state index contributed by atoms with van der Waals surface area (Å²) in [5.74, 6) is 1.58. The van der Waals surface area contributed by atoms with Crippen LogP contribution >= 0.6 is 15.9 Å². The minimum Gasteiger partial charge on any atom is -0.454 e. The van der Waals surface area contributed by atoms with Gasteiger partial charge in [0.25, 0.3) is 0 Å². The molecule has 1 aliphatic rings. The maximum absolute atomic E-state index is 11.1. The number of rotatable bonds is 2. The predicted molar refractivity (Wildman–Crippen MR) is 59.4 cm³/mol. The summed E-state index contributed by atoms with van der Waals surface area (Å²) in [6.07, 6.45) is 0.420. The molecule has 80 valence electrons. The summed E-state index contributed by atoms with van der Waals surface area (Å²) in [6, 6.07) is 1.91. The zero-order valence-corrected chi connectivity index (χ0v) is 10.2. The molecule has 0 saturated carbocycles. The monoisotopic (exact) mass is 270 g/mol. The van der Waals surface area contributed by atoms with Crippen molar-refractivity contribution in [3.8, 4) is 11.5 Å². The Morgan fingerprint density at radius 3 is 2.93 bits per heavy atom. The minimum absolute atomic E-state index is 0.137. The van der Waals surface area contributed by atoms with E-state index in [9.17, 15) is 4.79 Å². The molecule has 2 rings (SSSR count). The van der Waals surface area contributed by atoms with Gasteiger partial charge in [0.2, 0.25) is 6.79 Å². The maximum Gasteiger partial charge on any atom is 0.231 e. The third-order valence-electron chi connectivity index (χ3n) is 2.36.